The number of anilines is 1. The minimum atomic E-state index is -3.93. The lowest BCUT2D eigenvalue weighted by atomic mass is 10.2. The minimum Gasteiger partial charge on any atom is -0.495 e. The Balaban J connectivity index is 3.23. The largest absolute Gasteiger partial charge is 0.495 e. The molecule has 0 aromatic heterocycles. The predicted octanol–water partition coefficient (Wildman–Crippen LogP) is 1.44. The normalized spacial score (nSPS) is 12.2. The maximum absolute atomic E-state index is 12.0. The first kappa shape index (κ1) is 15.8. The summed E-state index contributed by atoms with van der Waals surface area (Å²) in [6.07, 6.45) is 0.118. The Morgan fingerprint density at radius 1 is 1.55 bits per heavy atom. The lowest BCUT2D eigenvalue weighted by Crippen LogP contribution is -2.26. The average Bonchev–Trinajstić information content (AvgIpc) is 2.39. The Hall–Kier alpha value is -2.27. The van der Waals surface area contributed by atoms with Crippen LogP contribution in [-0.2, 0) is 10.0 Å². The fourth-order valence-electron chi connectivity index (χ4n) is 1.53. The Morgan fingerprint density at radius 2 is 2.20 bits per heavy atom. The zero-order valence-corrected chi connectivity index (χ0v) is 11.8. The van der Waals surface area contributed by atoms with Gasteiger partial charge in [-0.25, -0.2) is 13.2 Å². The van der Waals surface area contributed by atoms with Gasteiger partial charge in [-0.2, -0.15) is 5.26 Å². The molecule has 0 bridgehead atoms. The van der Waals surface area contributed by atoms with Crippen molar-refractivity contribution in [3.8, 4) is 11.8 Å². The van der Waals surface area contributed by atoms with Gasteiger partial charge in [-0.15, -0.1) is 0 Å². The van der Waals surface area contributed by atoms with Crippen molar-refractivity contribution >= 4 is 21.7 Å². The summed E-state index contributed by atoms with van der Waals surface area (Å²) < 4.78 is 31.1. The number of methoxy groups -OCH3 is 1. The Morgan fingerprint density at radius 3 is 2.65 bits per heavy atom. The van der Waals surface area contributed by atoms with Gasteiger partial charge < -0.3 is 9.84 Å². The highest BCUT2D eigenvalue weighted by Gasteiger charge is 2.25. The van der Waals surface area contributed by atoms with Crippen LogP contribution in [0.15, 0.2) is 18.2 Å². The SMILES string of the molecule is CCC(C#N)S(=O)(=O)Nc1cc(C(=O)O)ccc1OC. The molecular weight excluding hydrogens is 284 g/mol. The molecule has 1 atom stereocenters. The summed E-state index contributed by atoms with van der Waals surface area (Å²) in [5.41, 5.74) is -0.102. The smallest absolute Gasteiger partial charge is 0.335 e. The molecule has 0 aliphatic rings. The highest BCUT2D eigenvalue weighted by molar-refractivity contribution is 7.93. The molecule has 0 spiro atoms. The lowest BCUT2D eigenvalue weighted by molar-refractivity contribution is 0.0697. The maximum atomic E-state index is 12.0. The number of sulfonamides is 1. The number of nitrogens with zero attached hydrogens (tertiary/aromatic N) is 1. The zero-order chi connectivity index (χ0) is 15.3. The zero-order valence-electron chi connectivity index (χ0n) is 11.0. The van der Waals surface area contributed by atoms with Gasteiger partial charge in [0.1, 0.15) is 5.75 Å². The number of rotatable bonds is 6. The summed E-state index contributed by atoms with van der Waals surface area (Å²) in [6, 6.07) is 5.46. The number of benzene rings is 1. The second-order valence-corrected chi connectivity index (χ2v) is 5.76. The summed E-state index contributed by atoms with van der Waals surface area (Å²) in [7, 11) is -2.61. The predicted molar refractivity (Wildman–Crippen MR) is 72.2 cm³/mol. The van der Waals surface area contributed by atoms with Crippen molar-refractivity contribution in [2.75, 3.05) is 11.8 Å². The molecular formula is C12H14N2O5S. The number of carbonyl (C=O) groups is 1. The van der Waals surface area contributed by atoms with E-state index in [0.717, 1.165) is 6.07 Å². The number of nitriles is 1. The van der Waals surface area contributed by atoms with Crippen molar-refractivity contribution in [1.29, 1.82) is 5.26 Å². The highest BCUT2D eigenvalue weighted by Crippen LogP contribution is 2.27. The molecule has 0 heterocycles. The van der Waals surface area contributed by atoms with Gasteiger partial charge in [0.15, 0.2) is 5.25 Å². The van der Waals surface area contributed by atoms with Gasteiger partial charge in [-0.1, -0.05) is 6.92 Å². The molecule has 0 radical (unpaired) electrons. The third-order valence-electron chi connectivity index (χ3n) is 2.59. The van der Waals surface area contributed by atoms with E-state index in [0.29, 0.717) is 0 Å². The van der Waals surface area contributed by atoms with Crippen LogP contribution in [0.2, 0.25) is 0 Å². The van der Waals surface area contributed by atoms with Gasteiger partial charge in [0, 0.05) is 0 Å². The number of carboxylic acids is 1. The fourth-order valence-corrected chi connectivity index (χ4v) is 2.71. The van der Waals surface area contributed by atoms with Gasteiger partial charge in [0.05, 0.1) is 24.4 Å². The quantitative estimate of drug-likeness (QED) is 0.820. The number of carboxylic acid groups (broad SMARTS) is 1. The number of hydrogen-bond donors (Lipinski definition) is 2. The van der Waals surface area contributed by atoms with Crippen LogP contribution in [0, 0.1) is 11.3 Å². The van der Waals surface area contributed by atoms with Gasteiger partial charge in [0.2, 0.25) is 10.0 Å². The van der Waals surface area contributed by atoms with Crippen molar-refractivity contribution in [2.45, 2.75) is 18.6 Å². The topological polar surface area (TPSA) is 116 Å². The second-order valence-electron chi connectivity index (χ2n) is 3.89. The van der Waals surface area contributed by atoms with Crippen LogP contribution in [0.25, 0.3) is 0 Å². The average molecular weight is 298 g/mol. The molecule has 0 aliphatic heterocycles. The van der Waals surface area contributed by atoms with E-state index in [1.165, 1.54) is 19.2 Å². The van der Waals surface area contributed by atoms with E-state index in [1.54, 1.807) is 13.0 Å². The number of ether oxygens (including phenoxy) is 1. The van der Waals surface area contributed by atoms with E-state index in [9.17, 15) is 13.2 Å². The van der Waals surface area contributed by atoms with Crippen LogP contribution in [0.4, 0.5) is 5.69 Å². The van der Waals surface area contributed by atoms with E-state index >= 15 is 0 Å². The first-order valence-corrected chi connectivity index (χ1v) is 7.23. The first-order valence-electron chi connectivity index (χ1n) is 5.68. The van der Waals surface area contributed by atoms with Crippen molar-refractivity contribution < 1.29 is 23.1 Å². The number of nitrogens with one attached hydrogen (secondary N) is 1. The molecule has 1 aromatic carbocycles. The standard InChI is InChI=1S/C12H14N2O5S/c1-3-9(7-13)20(17,18)14-10-6-8(12(15)16)4-5-11(10)19-2/h4-6,9,14H,3H2,1-2H3,(H,15,16). The van der Waals surface area contributed by atoms with Crippen LogP contribution in [-0.4, -0.2) is 31.9 Å². The number of hydrogen-bond acceptors (Lipinski definition) is 5. The summed E-state index contributed by atoms with van der Waals surface area (Å²) in [6.45, 7) is 1.57. The molecule has 108 valence electrons. The lowest BCUT2D eigenvalue weighted by Gasteiger charge is -2.14. The molecule has 0 saturated heterocycles. The molecule has 8 heteroatoms. The Labute approximate surface area is 116 Å². The van der Waals surface area contributed by atoms with Crippen LogP contribution < -0.4 is 9.46 Å². The summed E-state index contributed by atoms with van der Waals surface area (Å²) in [5.74, 6) is -1.02. The van der Waals surface area contributed by atoms with Gasteiger partial charge in [-0.05, 0) is 24.6 Å². The van der Waals surface area contributed by atoms with Crippen molar-refractivity contribution in [3.63, 3.8) is 0 Å². The van der Waals surface area contributed by atoms with Crippen molar-refractivity contribution in [1.82, 2.24) is 0 Å². The van der Waals surface area contributed by atoms with Crippen LogP contribution in [0.5, 0.6) is 5.75 Å². The molecule has 1 rings (SSSR count). The molecule has 0 amide bonds. The van der Waals surface area contributed by atoms with Gasteiger partial charge >= 0.3 is 5.97 Å². The molecule has 0 aliphatic carbocycles. The molecule has 1 unspecified atom stereocenters. The molecule has 20 heavy (non-hydrogen) atoms. The van der Waals surface area contributed by atoms with E-state index in [2.05, 4.69) is 4.72 Å². The fraction of sp³-hybridized carbons (Fsp3) is 0.333. The Bertz CT molecular complexity index is 648. The molecule has 7 nitrogen and oxygen atoms in total. The third-order valence-corrected chi connectivity index (χ3v) is 4.28. The van der Waals surface area contributed by atoms with Crippen LogP contribution in [0.3, 0.4) is 0 Å². The van der Waals surface area contributed by atoms with Crippen LogP contribution in [0.1, 0.15) is 23.7 Å². The third kappa shape index (κ3) is 3.39. The van der Waals surface area contributed by atoms with E-state index in [1.807, 2.05) is 0 Å². The van der Waals surface area contributed by atoms with Gasteiger partial charge in [-0.3, -0.25) is 4.72 Å². The van der Waals surface area contributed by atoms with Crippen molar-refractivity contribution in [3.05, 3.63) is 23.8 Å². The monoisotopic (exact) mass is 298 g/mol. The first-order chi connectivity index (χ1) is 9.35. The number of aromatic carboxylic acids is 1. The van der Waals surface area contributed by atoms with Crippen LogP contribution >= 0.6 is 0 Å². The molecule has 1 aromatic rings. The van der Waals surface area contributed by atoms with E-state index < -0.39 is 21.2 Å². The second kappa shape index (κ2) is 6.25. The van der Waals surface area contributed by atoms with Crippen molar-refractivity contribution in [2.24, 2.45) is 0 Å². The molecule has 0 saturated carbocycles. The van der Waals surface area contributed by atoms with E-state index in [4.69, 9.17) is 15.1 Å². The van der Waals surface area contributed by atoms with E-state index in [-0.39, 0.29) is 23.4 Å². The summed E-state index contributed by atoms with van der Waals surface area (Å²) >= 11 is 0. The summed E-state index contributed by atoms with van der Waals surface area (Å²) in [5, 5.41) is 16.5. The molecule has 2 N–H and O–H groups in total. The minimum absolute atomic E-state index is 0.0129. The Kier molecular flexibility index (Phi) is 4.94. The van der Waals surface area contributed by atoms with Gasteiger partial charge in [0.25, 0.3) is 0 Å². The summed E-state index contributed by atoms with van der Waals surface area (Å²) in [4.78, 5) is 10.9. The molecule has 0 fully saturated rings. The maximum Gasteiger partial charge on any atom is 0.335 e. The highest BCUT2D eigenvalue weighted by atomic mass is 32.2.